The van der Waals surface area contributed by atoms with Crippen molar-refractivity contribution in [2.24, 2.45) is 11.8 Å². The van der Waals surface area contributed by atoms with Gasteiger partial charge in [-0.25, -0.2) is 4.98 Å². The summed E-state index contributed by atoms with van der Waals surface area (Å²) in [6.45, 7) is 7.37. The zero-order chi connectivity index (χ0) is 29.8. The number of hydrogen-bond donors (Lipinski definition) is 2. The SMILES string of the molecule is Cc1ccc(-c2cnc3c(c2)NC[C@@H](C(NCCc2ccc(C#N)cc2)C2C=CC=CC2C)O3)cc1C(=O)N1CCCC1. The number of pyridine rings is 1. The fraction of sp³-hybridized carbons (Fsp3) is 0.361. The molecule has 0 radical (unpaired) electrons. The van der Waals surface area contributed by atoms with E-state index in [1.54, 1.807) is 0 Å². The van der Waals surface area contributed by atoms with E-state index < -0.39 is 0 Å². The van der Waals surface area contributed by atoms with Crippen molar-refractivity contribution >= 4 is 11.6 Å². The van der Waals surface area contributed by atoms with Gasteiger partial charge in [-0.3, -0.25) is 4.79 Å². The maximum Gasteiger partial charge on any atom is 0.254 e. The van der Waals surface area contributed by atoms with Crippen LogP contribution in [0.1, 0.15) is 46.8 Å². The predicted molar refractivity (Wildman–Crippen MR) is 170 cm³/mol. The summed E-state index contributed by atoms with van der Waals surface area (Å²) >= 11 is 0. The highest BCUT2D eigenvalue weighted by Gasteiger charge is 2.35. The number of nitrogens with one attached hydrogen (secondary N) is 2. The molecule has 6 rings (SSSR count). The average Bonchev–Trinajstić information content (AvgIpc) is 3.59. The highest BCUT2D eigenvalue weighted by Crippen LogP contribution is 2.35. The number of ether oxygens (including phenoxy) is 1. The minimum atomic E-state index is -0.112. The Hall–Kier alpha value is -4.41. The quantitative estimate of drug-likeness (QED) is 0.348. The molecule has 43 heavy (non-hydrogen) atoms. The summed E-state index contributed by atoms with van der Waals surface area (Å²) in [4.78, 5) is 19.9. The van der Waals surface area contributed by atoms with Crippen LogP contribution in [-0.4, -0.2) is 54.1 Å². The molecular weight excluding hydrogens is 534 g/mol. The number of aromatic nitrogens is 1. The number of allylic oxidation sites excluding steroid dienone is 3. The van der Waals surface area contributed by atoms with Crippen molar-refractivity contribution in [3.05, 3.63) is 101 Å². The van der Waals surface area contributed by atoms with Crippen molar-refractivity contribution in [3.8, 4) is 23.1 Å². The van der Waals surface area contributed by atoms with Crippen molar-refractivity contribution in [2.45, 2.75) is 45.3 Å². The first-order valence-electron chi connectivity index (χ1n) is 15.4. The number of nitrogens with zero attached hydrogens (tertiary/aromatic N) is 3. The molecule has 2 aromatic carbocycles. The number of rotatable bonds is 8. The molecule has 1 amide bonds. The summed E-state index contributed by atoms with van der Waals surface area (Å²) in [5.74, 6) is 1.36. The summed E-state index contributed by atoms with van der Waals surface area (Å²) in [5.41, 5.74) is 6.43. The van der Waals surface area contributed by atoms with Crippen LogP contribution in [0.5, 0.6) is 5.88 Å². The monoisotopic (exact) mass is 573 g/mol. The van der Waals surface area contributed by atoms with Gasteiger partial charge in [0.2, 0.25) is 5.88 Å². The number of anilines is 1. The summed E-state index contributed by atoms with van der Waals surface area (Å²) < 4.78 is 6.58. The molecule has 0 saturated carbocycles. The molecule has 1 aromatic heterocycles. The third-order valence-electron chi connectivity index (χ3n) is 8.96. The molecule has 2 aliphatic heterocycles. The normalized spacial score (nSPS) is 21.4. The van der Waals surface area contributed by atoms with E-state index in [4.69, 9.17) is 15.0 Å². The van der Waals surface area contributed by atoms with Gasteiger partial charge in [-0.2, -0.15) is 5.26 Å². The van der Waals surface area contributed by atoms with Gasteiger partial charge in [0, 0.05) is 36.3 Å². The molecule has 1 fully saturated rings. The first kappa shape index (κ1) is 28.7. The number of likely N-dealkylation sites (tertiary alicyclic amines) is 1. The average molecular weight is 574 g/mol. The zero-order valence-electron chi connectivity index (χ0n) is 24.9. The smallest absolute Gasteiger partial charge is 0.254 e. The van der Waals surface area contributed by atoms with Gasteiger partial charge in [0.15, 0.2) is 0 Å². The van der Waals surface area contributed by atoms with Gasteiger partial charge >= 0.3 is 0 Å². The van der Waals surface area contributed by atoms with Crippen molar-refractivity contribution in [3.63, 3.8) is 0 Å². The lowest BCUT2D eigenvalue weighted by Gasteiger charge is -2.38. The molecule has 4 atom stereocenters. The largest absolute Gasteiger partial charge is 0.469 e. The van der Waals surface area contributed by atoms with Gasteiger partial charge in [-0.1, -0.05) is 55.5 Å². The third kappa shape index (κ3) is 6.35. The molecule has 3 heterocycles. The second-order valence-electron chi connectivity index (χ2n) is 11.9. The molecule has 1 aliphatic carbocycles. The third-order valence-corrected chi connectivity index (χ3v) is 8.96. The van der Waals surface area contributed by atoms with Crippen LogP contribution in [0.4, 0.5) is 5.69 Å². The lowest BCUT2D eigenvalue weighted by Crippen LogP contribution is -2.53. The fourth-order valence-electron chi connectivity index (χ4n) is 6.38. The van der Waals surface area contributed by atoms with Crippen LogP contribution >= 0.6 is 0 Å². The van der Waals surface area contributed by atoms with Gasteiger partial charge in [-0.15, -0.1) is 0 Å². The van der Waals surface area contributed by atoms with Crippen LogP contribution in [0, 0.1) is 30.1 Å². The van der Waals surface area contributed by atoms with E-state index in [9.17, 15) is 4.79 Å². The standard InChI is InChI=1S/C36H39N5O2/c1-24-7-3-4-8-30(24)34(38-16-15-26-10-12-27(21-37)13-11-26)33-23-39-32-20-29(22-40-35(32)43-33)28-14-9-25(2)31(19-28)36(42)41-17-5-6-18-41/h3-4,7-14,19-20,22,24,30,33-34,38-39H,5-6,15-18,23H2,1-2H3/t24?,30?,33-,34?/m0/s1. The highest BCUT2D eigenvalue weighted by atomic mass is 16.5. The maximum atomic E-state index is 13.2. The lowest BCUT2D eigenvalue weighted by molar-refractivity contribution is 0.0792. The topological polar surface area (TPSA) is 90.3 Å². The van der Waals surface area contributed by atoms with Gasteiger partial charge in [0.05, 0.1) is 29.9 Å². The van der Waals surface area contributed by atoms with Crippen molar-refractivity contribution < 1.29 is 9.53 Å². The fourth-order valence-corrected chi connectivity index (χ4v) is 6.38. The van der Waals surface area contributed by atoms with Crippen LogP contribution in [0.25, 0.3) is 11.1 Å². The van der Waals surface area contributed by atoms with Crippen molar-refractivity contribution in [2.75, 3.05) is 31.5 Å². The Bertz CT molecular complexity index is 1570. The van der Waals surface area contributed by atoms with Crippen LogP contribution in [-0.2, 0) is 6.42 Å². The molecule has 2 N–H and O–H groups in total. The number of hydrogen-bond acceptors (Lipinski definition) is 6. The molecular formula is C36H39N5O2. The number of benzene rings is 2. The molecule has 0 bridgehead atoms. The van der Waals surface area contributed by atoms with E-state index in [1.807, 2.05) is 54.4 Å². The molecule has 3 unspecified atom stereocenters. The minimum Gasteiger partial charge on any atom is -0.469 e. The zero-order valence-corrected chi connectivity index (χ0v) is 24.9. The molecule has 0 spiro atoms. The Morgan fingerprint density at radius 2 is 1.91 bits per heavy atom. The number of carbonyl (C=O) groups is 1. The molecule has 7 heteroatoms. The van der Waals surface area contributed by atoms with Gasteiger partial charge in [0.25, 0.3) is 5.91 Å². The number of carbonyl (C=O) groups excluding carboxylic acids is 1. The summed E-state index contributed by atoms with van der Waals surface area (Å²) in [6.07, 6.45) is 13.5. The number of fused-ring (bicyclic) bond motifs is 1. The van der Waals surface area contributed by atoms with E-state index in [0.717, 1.165) is 66.8 Å². The molecule has 1 saturated heterocycles. The maximum absolute atomic E-state index is 13.2. The van der Waals surface area contributed by atoms with E-state index in [2.05, 4.69) is 60.1 Å². The van der Waals surface area contributed by atoms with Gasteiger partial charge in [-0.05, 0) is 79.6 Å². The Balaban J connectivity index is 1.18. The first-order chi connectivity index (χ1) is 21.0. The Labute approximate surface area is 254 Å². The van der Waals surface area contributed by atoms with Crippen LogP contribution in [0.3, 0.4) is 0 Å². The molecule has 3 aromatic rings. The van der Waals surface area contributed by atoms with Crippen LogP contribution < -0.4 is 15.4 Å². The van der Waals surface area contributed by atoms with Crippen LogP contribution in [0.15, 0.2) is 79.0 Å². The van der Waals surface area contributed by atoms with E-state index in [0.29, 0.717) is 23.9 Å². The number of nitriles is 1. The summed E-state index contributed by atoms with van der Waals surface area (Å²) in [5, 5.41) is 16.5. The Morgan fingerprint density at radius 1 is 1.12 bits per heavy atom. The highest BCUT2D eigenvalue weighted by molar-refractivity contribution is 5.97. The number of amides is 1. The Morgan fingerprint density at radius 3 is 2.67 bits per heavy atom. The lowest BCUT2D eigenvalue weighted by atomic mass is 9.81. The summed E-state index contributed by atoms with van der Waals surface area (Å²) in [6, 6.07) is 18.2. The van der Waals surface area contributed by atoms with Crippen molar-refractivity contribution in [1.82, 2.24) is 15.2 Å². The summed E-state index contributed by atoms with van der Waals surface area (Å²) in [7, 11) is 0. The van der Waals surface area contributed by atoms with Crippen LogP contribution in [0.2, 0.25) is 0 Å². The second kappa shape index (κ2) is 12.8. The van der Waals surface area contributed by atoms with E-state index in [-0.39, 0.29) is 24.0 Å². The molecule has 3 aliphatic rings. The van der Waals surface area contributed by atoms with Gasteiger partial charge in [0.1, 0.15) is 6.10 Å². The first-order valence-corrected chi connectivity index (χ1v) is 15.4. The minimum absolute atomic E-state index is 0.0768. The second-order valence-corrected chi connectivity index (χ2v) is 11.9. The van der Waals surface area contributed by atoms with Gasteiger partial charge < -0.3 is 20.3 Å². The number of aryl methyl sites for hydroxylation is 1. The predicted octanol–water partition coefficient (Wildman–Crippen LogP) is 5.92. The van der Waals surface area contributed by atoms with E-state index >= 15 is 0 Å². The van der Waals surface area contributed by atoms with Crippen molar-refractivity contribution in [1.29, 1.82) is 5.26 Å². The molecule has 220 valence electrons. The van der Waals surface area contributed by atoms with E-state index in [1.165, 1.54) is 5.56 Å². The Kier molecular flexibility index (Phi) is 8.57. The molecule has 7 nitrogen and oxygen atoms in total.